The van der Waals surface area contributed by atoms with Gasteiger partial charge in [0.15, 0.2) is 0 Å². The van der Waals surface area contributed by atoms with Gasteiger partial charge in [-0.15, -0.1) is 0 Å². The van der Waals surface area contributed by atoms with Gasteiger partial charge in [-0.3, -0.25) is 0 Å². The zero-order chi connectivity index (χ0) is 8.97. The van der Waals surface area contributed by atoms with Gasteiger partial charge in [0.05, 0.1) is 0 Å². The number of anilines is 2. The largest absolute Gasteiger partial charge is 0.373 e. The Labute approximate surface area is 71.2 Å². The SMILES string of the molecule is CNc1cc(CCN)nc(N)n1. The van der Waals surface area contributed by atoms with Gasteiger partial charge in [-0.1, -0.05) is 0 Å². The van der Waals surface area contributed by atoms with Crippen LogP contribution in [0.25, 0.3) is 0 Å². The van der Waals surface area contributed by atoms with Gasteiger partial charge in [0.1, 0.15) is 5.82 Å². The summed E-state index contributed by atoms with van der Waals surface area (Å²) in [6.07, 6.45) is 0.724. The molecule has 0 saturated heterocycles. The third-order valence-electron chi connectivity index (χ3n) is 1.45. The van der Waals surface area contributed by atoms with E-state index in [2.05, 4.69) is 15.3 Å². The van der Waals surface area contributed by atoms with E-state index in [1.165, 1.54) is 0 Å². The Morgan fingerprint density at radius 1 is 1.50 bits per heavy atom. The molecule has 12 heavy (non-hydrogen) atoms. The minimum atomic E-state index is 0.283. The van der Waals surface area contributed by atoms with Crippen LogP contribution in [-0.2, 0) is 6.42 Å². The summed E-state index contributed by atoms with van der Waals surface area (Å²) in [5, 5.41) is 2.89. The highest BCUT2D eigenvalue weighted by Crippen LogP contribution is 2.06. The topological polar surface area (TPSA) is 89.8 Å². The highest BCUT2D eigenvalue weighted by Gasteiger charge is 1.99. The fraction of sp³-hybridized carbons (Fsp3) is 0.429. The highest BCUT2D eigenvalue weighted by molar-refractivity contribution is 5.39. The van der Waals surface area contributed by atoms with Crippen molar-refractivity contribution in [2.75, 3.05) is 24.6 Å². The third kappa shape index (κ3) is 2.06. The van der Waals surface area contributed by atoms with E-state index < -0.39 is 0 Å². The van der Waals surface area contributed by atoms with Gasteiger partial charge in [-0.2, -0.15) is 4.98 Å². The second kappa shape index (κ2) is 3.87. The van der Waals surface area contributed by atoms with Crippen molar-refractivity contribution < 1.29 is 0 Å². The maximum Gasteiger partial charge on any atom is 0.222 e. The van der Waals surface area contributed by atoms with E-state index in [0.717, 1.165) is 17.9 Å². The maximum atomic E-state index is 5.46. The number of aromatic nitrogens is 2. The predicted octanol–water partition coefficient (Wildman–Crippen LogP) is -0.398. The summed E-state index contributed by atoms with van der Waals surface area (Å²) in [4.78, 5) is 7.97. The van der Waals surface area contributed by atoms with E-state index in [4.69, 9.17) is 11.5 Å². The summed E-state index contributed by atoms with van der Waals surface area (Å²) < 4.78 is 0. The van der Waals surface area contributed by atoms with Crippen LogP contribution < -0.4 is 16.8 Å². The molecule has 66 valence electrons. The number of nitrogens with one attached hydrogen (secondary N) is 1. The van der Waals surface area contributed by atoms with Gasteiger partial charge in [0.25, 0.3) is 0 Å². The molecule has 0 unspecified atom stereocenters. The van der Waals surface area contributed by atoms with E-state index in [1.807, 2.05) is 6.07 Å². The van der Waals surface area contributed by atoms with E-state index in [1.54, 1.807) is 7.05 Å². The molecule has 0 aliphatic carbocycles. The molecule has 1 aromatic rings. The van der Waals surface area contributed by atoms with Gasteiger partial charge in [-0.05, 0) is 6.54 Å². The molecular formula is C7H13N5. The van der Waals surface area contributed by atoms with Crippen molar-refractivity contribution in [2.45, 2.75) is 6.42 Å². The molecule has 0 spiro atoms. The van der Waals surface area contributed by atoms with E-state index >= 15 is 0 Å². The highest BCUT2D eigenvalue weighted by atomic mass is 15.1. The Balaban J connectivity index is 2.90. The van der Waals surface area contributed by atoms with Crippen LogP contribution in [0.4, 0.5) is 11.8 Å². The van der Waals surface area contributed by atoms with E-state index in [-0.39, 0.29) is 5.95 Å². The first-order valence-electron chi connectivity index (χ1n) is 3.77. The second-order valence-electron chi connectivity index (χ2n) is 2.39. The summed E-state index contributed by atoms with van der Waals surface area (Å²) in [5.41, 5.74) is 11.7. The molecule has 0 aliphatic rings. The molecule has 1 heterocycles. The molecule has 0 bridgehead atoms. The first-order chi connectivity index (χ1) is 5.76. The molecule has 0 radical (unpaired) electrons. The number of nitrogens with two attached hydrogens (primary N) is 2. The van der Waals surface area contributed by atoms with Gasteiger partial charge in [0.2, 0.25) is 5.95 Å². The molecular weight excluding hydrogens is 154 g/mol. The first kappa shape index (κ1) is 8.73. The van der Waals surface area contributed by atoms with Crippen LogP contribution in [0.15, 0.2) is 6.07 Å². The Morgan fingerprint density at radius 3 is 2.83 bits per heavy atom. The Kier molecular flexibility index (Phi) is 2.82. The fourth-order valence-electron chi connectivity index (χ4n) is 0.922. The number of rotatable bonds is 3. The van der Waals surface area contributed by atoms with Crippen LogP contribution >= 0.6 is 0 Å². The first-order valence-corrected chi connectivity index (χ1v) is 3.77. The van der Waals surface area contributed by atoms with Gasteiger partial charge >= 0.3 is 0 Å². The van der Waals surface area contributed by atoms with Gasteiger partial charge in [-0.25, -0.2) is 4.98 Å². The summed E-state index contributed by atoms with van der Waals surface area (Å²) in [6, 6.07) is 1.84. The van der Waals surface area contributed by atoms with Crippen LogP contribution in [0.5, 0.6) is 0 Å². The predicted molar refractivity (Wildman–Crippen MR) is 48.7 cm³/mol. The van der Waals surface area contributed by atoms with Crippen molar-refractivity contribution >= 4 is 11.8 Å². The molecule has 1 aromatic heterocycles. The zero-order valence-electron chi connectivity index (χ0n) is 7.04. The second-order valence-corrected chi connectivity index (χ2v) is 2.39. The van der Waals surface area contributed by atoms with E-state index in [0.29, 0.717) is 6.54 Å². The molecule has 5 heteroatoms. The van der Waals surface area contributed by atoms with Crippen molar-refractivity contribution in [2.24, 2.45) is 5.73 Å². The average molecular weight is 167 g/mol. The van der Waals surface area contributed by atoms with Crippen LogP contribution in [0.1, 0.15) is 5.69 Å². The Morgan fingerprint density at radius 2 is 2.25 bits per heavy atom. The van der Waals surface area contributed by atoms with Gasteiger partial charge in [0, 0.05) is 25.2 Å². The fourth-order valence-corrected chi connectivity index (χ4v) is 0.922. The van der Waals surface area contributed by atoms with Crippen LogP contribution in [0.3, 0.4) is 0 Å². The molecule has 0 atom stereocenters. The standard InChI is InChI=1S/C7H13N5/c1-10-6-4-5(2-3-8)11-7(9)12-6/h4H,2-3,8H2,1H3,(H3,9,10,11,12). The number of nitrogens with zero attached hydrogens (tertiary/aromatic N) is 2. The van der Waals surface area contributed by atoms with Crippen molar-refractivity contribution in [3.8, 4) is 0 Å². The maximum absolute atomic E-state index is 5.46. The van der Waals surface area contributed by atoms with E-state index in [9.17, 15) is 0 Å². The molecule has 1 rings (SSSR count). The lowest BCUT2D eigenvalue weighted by atomic mass is 10.3. The van der Waals surface area contributed by atoms with Crippen LogP contribution in [0.2, 0.25) is 0 Å². The van der Waals surface area contributed by atoms with Crippen LogP contribution in [-0.4, -0.2) is 23.6 Å². The molecule has 5 nitrogen and oxygen atoms in total. The lowest BCUT2D eigenvalue weighted by Crippen LogP contribution is -2.08. The summed E-state index contributed by atoms with van der Waals surface area (Å²) in [6.45, 7) is 0.569. The summed E-state index contributed by atoms with van der Waals surface area (Å²) >= 11 is 0. The molecule has 0 amide bonds. The molecule has 5 N–H and O–H groups in total. The summed E-state index contributed by atoms with van der Waals surface area (Å²) in [7, 11) is 1.79. The van der Waals surface area contributed by atoms with Crippen molar-refractivity contribution in [3.05, 3.63) is 11.8 Å². The zero-order valence-corrected chi connectivity index (χ0v) is 7.04. The molecule has 0 aromatic carbocycles. The number of hydrogen-bond acceptors (Lipinski definition) is 5. The quantitative estimate of drug-likeness (QED) is 0.570. The van der Waals surface area contributed by atoms with Crippen molar-refractivity contribution in [1.29, 1.82) is 0 Å². The van der Waals surface area contributed by atoms with Crippen molar-refractivity contribution in [3.63, 3.8) is 0 Å². The molecule has 0 saturated carbocycles. The minimum Gasteiger partial charge on any atom is -0.373 e. The smallest absolute Gasteiger partial charge is 0.222 e. The monoisotopic (exact) mass is 167 g/mol. The van der Waals surface area contributed by atoms with Crippen LogP contribution in [0, 0.1) is 0 Å². The number of hydrogen-bond donors (Lipinski definition) is 3. The Bertz CT molecular complexity index is 260. The Hall–Kier alpha value is -1.36. The lowest BCUT2D eigenvalue weighted by Gasteiger charge is -2.03. The number of nitrogen functional groups attached to an aromatic ring is 1. The lowest BCUT2D eigenvalue weighted by molar-refractivity contribution is 0.915. The van der Waals surface area contributed by atoms with Crippen molar-refractivity contribution in [1.82, 2.24) is 9.97 Å². The molecule has 0 aliphatic heterocycles. The normalized spacial score (nSPS) is 9.83. The van der Waals surface area contributed by atoms with Gasteiger partial charge < -0.3 is 16.8 Å². The average Bonchev–Trinajstić information content (AvgIpc) is 2.04. The third-order valence-corrected chi connectivity index (χ3v) is 1.45. The molecule has 0 fully saturated rings. The summed E-state index contributed by atoms with van der Waals surface area (Å²) in [5.74, 6) is 1.01. The minimum absolute atomic E-state index is 0.283.